The fourth-order valence-electron chi connectivity index (χ4n) is 3.57. The lowest BCUT2D eigenvalue weighted by Crippen LogP contribution is -2.61. The molecule has 0 saturated carbocycles. The van der Waals surface area contributed by atoms with Crippen molar-refractivity contribution in [3.8, 4) is 11.5 Å². The molecule has 1 N–H and O–H groups in total. The Morgan fingerprint density at radius 2 is 1.90 bits per heavy atom. The van der Waals surface area contributed by atoms with Gasteiger partial charge in [0, 0.05) is 18.0 Å². The minimum Gasteiger partial charge on any atom is -0.487 e. The number of carbonyl (C=O) groups is 1. The Bertz CT molecular complexity index is 866. The van der Waals surface area contributed by atoms with E-state index in [0.717, 1.165) is 5.56 Å². The molecule has 156 valence electrons. The summed E-state index contributed by atoms with van der Waals surface area (Å²) in [4.78, 5) is 14.8. The maximum Gasteiger partial charge on any atom is 0.266 e. The minimum atomic E-state index is -1.17. The summed E-state index contributed by atoms with van der Waals surface area (Å²) in [5.41, 5.74) is -1.37. The number of piperidine rings is 1. The Morgan fingerprint density at radius 1 is 1.21 bits per heavy atom. The number of likely N-dealkylation sites (tertiary alicyclic amines) is 1. The number of hydrogen-bond acceptors (Lipinski definition) is 4. The van der Waals surface area contributed by atoms with Gasteiger partial charge in [-0.1, -0.05) is 29.8 Å². The number of nitrogens with zero attached hydrogens (tertiary/aromatic N) is 1. The Labute approximate surface area is 177 Å². The average molecular weight is 418 g/mol. The molecule has 1 aliphatic rings. The van der Waals surface area contributed by atoms with Gasteiger partial charge >= 0.3 is 0 Å². The van der Waals surface area contributed by atoms with Crippen molar-refractivity contribution in [3.63, 3.8) is 0 Å². The summed E-state index contributed by atoms with van der Waals surface area (Å²) in [6.07, 6.45) is 0.140. The molecule has 1 saturated heterocycles. The van der Waals surface area contributed by atoms with Crippen LogP contribution in [0.2, 0.25) is 5.02 Å². The van der Waals surface area contributed by atoms with Crippen molar-refractivity contribution in [3.05, 3.63) is 59.1 Å². The van der Waals surface area contributed by atoms with Gasteiger partial charge in [-0.15, -0.1) is 0 Å². The third-order valence-corrected chi connectivity index (χ3v) is 5.62. The first-order valence-corrected chi connectivity index (χ1v) is 10.1. The molecule has 6 heteroatoms. The second kappa shape index (κ2) is 8.25. The number of aryl methyl sites for hydroxylation is 1. The Hall–Kier alpha value is -2.24. The van der Waals surface area contributed by atoms with E-state index in [2.05, 4.69) is 0 Å². The molecule has 0 bridgehead atoms. The number of rotatable bonds is 5. The van der Waals surface area contributed by atoms with Crippen LogP contribution >= 0.6 is 11.6 Å². The summed E-state index contributed by atoms with van der Waals surface area (Å²) in [6, 6.07) is 14.7. The van der Waals surface area contributed by atoms with E-state index in [1.807, 2.05) is 43.3 Å². The molecule has 2 aromatic rings. The van der Waals surface area contributed by atoms with E-state index >= 15 is 0 Å². The Kier molecular flexibility index (Phi) is 6.11. The summed E-state index contributed by atoms with van der Waals surface area (Å²) in [7, 11) is 0. The molecule has 0 aliphatic carbocycles. The largest absolute Gasteiger partial charge is 0.487 e. The normalized spacial score (nSPS) is 22.3. The number of ether oxygens (including phenoxy) is 2. The summed E-state index contributed by atoms with van der Waals surface area (Å²) >= 11 is 6.07. The number of β-amino-alcohol motifs (C(OH)–C–C–N with tert-alkyl or cyclic N) is 1. The number of carbonyl (C=O) groups excluding carboxylic acids is 1. The van der Waals surface area contributed by atoms with Crippen LogP contribution in [0.5, 0.6) is 11.5 Å². The molecule has 29 heavy (non-hydrogen) atoms. The van der Waals surface area contributed by atoms with Crippen LogP contribution in [0, 0.1) is 6.92 Å². The van der Waals surface area contributed by atoms with Crippen molar-refractivity contribution in [2.75, 3.05) is 13.1 Å². The minimum absolute atomic E-state index is 0.176. The molecule has 0 unspecified atom stereocenters. The van der Waals surface area contributed by atoms with Crippen LogP contribution in [-0.2, 0) is 4.79 Å². The number of benzene rings is 2. The van der Waals surface area contributed by atoms with Gasteiger partial charge in [-0.25, -0.2) is 0 Å². The van der Waals surface area contributed by atoms with Gasteiger partial charge in [0.05, 0.1) is 6.54 Å². The van der Waals surface area contributed by atoms with Crippen molar-refractivity contribution in [2.24, 2.45) is 0 Å². The van der Waals surface area contributed by atoms with Crippen LogP contribution in [-0.4, -0.2) is 46.3 Å². The van der Waals surface area contributed by atoms with Crippen molar-refractivity contribution in [2.45, 2.75) is 51.4 Å². The van der Waals surface area contributed by atoms with Crippen molar-refractivity contribution in [1.29, 1.82) is 0 Å². The smallest absolute Gasteiger partial charge is 0.266 e. The number of halogens is 1. The molecule has 2 atom stereocenters. The quantitative estimate of drug-likeness (QED) is 0.790. The number of hydrogen-bond donors (Lipinski definition) is 1. The third kappa shape index (κ3) is 5.03. The van der Waals surface area contributed by atoms with E-state index in [4.69, 9.17) is 21.1 Å². The highest BCUT2D eigenvalue weighted by Gasteiger charge is 2.44. The summed E-state index contributed by atoms with van der Waals surface area (Å²) < 4.78 is 12.0. The number of amides is 1. The maximum atomic E-state index is 13.2. The first-order chi connectivity index (χ1) is 13.6. The molecule has 1 fully saturated rings. The van der Waals surface area contributed by atoms with E-state index < -0.39 is 17.3 Å². The molecule has 0 aromatic heterocycles. The van der Waals surface area contributed by atoms with E-state index in [1.54, 1.807) is 37.8 Å². The molecule has 1 amide bonds. The Balaban J connectivity index is 1.67. The fourth-order valence-corrected chi connectivity index (χ4v) is 3.69. The monoisotopic (exact) mass is 417 g/mol. The lowest BCUT2D eigenvalue weighted by Gasteiger charge is -2.44. The molecule has 3 rings (SSSR count). The number of para-hydroxylation sites is 1. The van der Waals surface area contributed by atoms with Gasteiger partial charge in [0.15, 0.2) is 5.60 Å². The van der Waals surface area contributed by atoms with Crippen LogP contribution in [0.15, 0.2) is 48.5 Å². The standard InChI is InChI=1S/C23H28ClNO4/c1-16-14-18(10-11-19(16)24)29-22(2,3)21(26)25-13-12-20(23(4,27)15-25)28-17-8-6-5-7-9-17/h5-11,14,20,27H,12-13,15H2,1-4H3/t20-,23-/m0/s1. The fraction of sp³-hybridized carbons (Fsp3) is 0.435. The second-order valence-electron chi connectivity index (χ2n) is 8.32. The highest BCUT2D eigenvalue weighted by Crippen LogP contribution is 2.30. The van der Waals surface area contributed by atoms with Gasteiger partial charge < -0.3 is 19.5 Å². The van der Waals surface area contributed by atoms with Gasteiger partial charge in [0.1, 0.15) is 23.2 Å². The van der Waals surface area contributed by atoms with E-state index in [9.17, 15) is 9.90 Å². The predicted molar refractivity (Wildman–Crippen MR) is 114 cm³/mol. The Morgan fingerprint density at radius 3 is 2.52 bits per heavy atom. The van der Waals surface area contributed by atoms with E-state index in [1.165, 1.54) is 0 Å². The molecular formula is C23H28ClNO4. The zero-order valence-corrected chi connectivity index (χ0v) is 18.1. The summed E-state index contributed by atoms with van der Waals surface area (Å²) in [6.45, 7) is 7.73. The van der Waals surface area contributed by atoms with E-state index in [-0.39, 0.29) is 12.5 Å². The topological polar surface area (TPSA) is 59.0 Å². The van der Waals surface area contributed by atoms with Crippen LogP contribution in [0.25, 0.3) is 0 Å². The van der Waals surface area contributed by atoms with Crippen LogP contribution in [0.1, 0.15) is 32.8 Å². The first-order valence-electron chi connectivity index (χ1n) is 9.77. The van der Waals surface area contributed by atoms with Gasteiger partial charge in [0.25, 0.3) is 5.91 Å². The zero-order chi connectivity index (χ0) is 21.2. The SMILES string of the molecule is Cc1cc(OC(C)(C)C(=O)N2CC[C@H](Oc3ccccc3)[C@@](C)(O)C2)ccc1Cl. The van der Waals surface area contributed by atoms with Gasteiger partial charge in [0.2, 0.25) is 0 Å². The second-order valence-corrected chi connectivity index (χ2v) is 8.72. The van der Waals surface area contributed by atoms with E-state index in [0.29, 0.717) is 29.5 Å². The average Bonchev–Trinajstić information content (AvgIpc) is 2.66. The zero-order valence-electron chi connectivity index (χ0n) is 17.3. The molecular weight excluding hydrogens is 390 g/mol. The highest BCUT2D eigenvalue weighted by molar-refractivity contribution is 6.31. The van der Waals surface area contributed by atoms with Crippen molar-refractivity contribution < 1.29 is 19.4 Å². The molecule has 2 aromatic carbocycles. The van der Waals surface area contributed by atoms with Crippen molar-refractivity contribution in [1.82, 2.24) is 4.90 Å². The van der Waals surface area contributed by atoms with Crippen LogP contribution < -0.4 is 9.47 Å². The van der Waals surface area contributed by atoms with Crippen LogP contribution in [0.3, 0.4) is 0 Å². The highest BCUT2D eigenvalue weighted by atomic mass is 35.5. The van der Waals surface area contributed by atoms with Gasteiger partial charge in [-0.3, -0.25) is 4.79 Å². The van der Waals surface area contributed by atoms with Gasteiger partial charge in [-0.05, 0) is 63.6 Å². The summed E-state index contributed by atoms with van der Waals surface area (Å²) in [5, 5.41) is 11.6. The molecule has 5 nitrogen and oxygen atoms in total. The predicted octanol–water partition coefficient (Wildman–Crippen LogP) is 4.24. The molecule has 0 radical (unpaired) electrons. The molecule has 0 spiro atoms. The van der Waals surface area contributed by atoms with Crippen LogP contribution in [0.4, 0.5) is 0 Å². The molecule has 1 aliphatic heterocycles. The number of aliphatic hydroxyl groups is 1. The summed E-state index contributed by atoms with van der Waals surface area (Å²) in [5.74, 6) is 1.11. The molecule has 1 heterocycles. The lowest BCUT2D eigenvalue weighted by atomic mass is 9.90. The van der Waals surface area contributed by atoms with Gasteiger partial charge in [-0.2, -0.15) is 0 Å². The van der Waals surface area contributed by atoms with Crippen molar-refractivity contribution >= 4 is 17.5 Å². The lowest BCUT2D eigenvalue weighted by molar-refractivity contribution is -0.158. The third-order valence-electron chi connectivity index (χ3n) is 5.19. The first kappa shape index (κ1) is 21.5. The maximum absolute atomic E-state index is 13.2.